The second kappa shape index (κ2) is 10.9. The molecule has 3 atom stereocenters. The largest absolute Gasteiger partial charge is 0.487 e. The van der Waals surface area contributed by atoms with Crippen LogP contribution in [0.1, 0.15) is 35.4 Å². The summed E-state index contributed by atoms with van der Waals surface area (Å²) in [5.74, 6) is -1.46. The maximum absolute atomic E-state index is 14.6. The van der Waals surface area contributed by atoms with Crippen molar-refractivity contribution in [2.24, 2.45) is 0 Å². The van der Waals surface area contributed by atoms with Crippen LogP contribution in [-0.2, 0) is 16.2 Å². The summed E-state index contributed by atoms with van der Waals surface area (Å²) in [5.41, 5.74) is 3.76. The molecular formula is C35H31N3O5. The number of ether oxygens (including phenoxy) is 1. The Kier molecular flexibility index (Phi) is 6.81. The lowest BCUT2D eigenvalue weighted by Crippen LogP contribution is -2.66. The molecule has 3 aliphatic rings. The molecule has 0 aliphatic carbocycles. The van der Waals surface area contributed by atoms with Crippen molar-refractivity contribution < 1.29 is 24.2 Å². The number of carboxylic acids is 1. The Balaban J connectivity index is 1.27. The standard InChI is InChI=1S/C35H31N3O5/c39-33(31(23-11-3-1-4-12-23)24-13-5-2-6-14-24)36-21-26-19-20-29(32(36)34(40)41)37(26)35(42)38-27-16-8-7-15-25(27)22-43-30-18-10-9-17-28(30)38/h1-18,26,29,31-32H,19-22H2,(H,40,41)/t26-,29+,32-/m0/s1. The first-order valence-electron chi connectivity index (χ1n) is 14.6. The zero-order chi connectivity index (χ0) is 29.5. The maximum Gasteiger partial charge on any atom is 0.329 e. The third-order valence-electron chi connectivity index (χ3n) is 8.84. The maximum atomic E-state index is 14.6. The zero-order valence-corrected chi connectivity index (χ0v) is 23.5. The van der Waals surface area contributed by atoms with Gasteiger partial charge >= 0.3 is 12.0 Å². The van der Waals surface area contributed by atoms with Crippen LogP contribution in [0.2, 0.25) is 0 Å². The van der Waals surface area contributed by atoms with Crippen molar-refractivity contribution in [3.63, 3.8) is 0 Å². The predicted octanol–water partition coefficient (Wildman–Crippen LogP) is 5.80. The van der Waals surface area contributed by atoms with Crippen LogP contribution >= 0.6 is 0 Å². The fraction of sp³-hybridized carbons (Fsp3) is 0.229. The Morgan fingerprint density at radius 1 is 0.744 bits per heavy atom. The van der Waals surface area contributed by atoms with E-state index in [0.29, 0.717) is 36.6 Å². The second-order valence-corrected chi connectivity index (χ2v) is 11.2. The third-order valence-corrected chi connectivity index (χ3v) is 8.84. The van der Waals surface area contributed by atoms with Gasteiger partial charge in [0.2, 0.25) is 5.91 Å². The number of fused-ring (bicyclic) bond motifs is 4. The number of urea groups is 1. The highest BCUT2D eigenvalue weighted by Crippen LogP contribution is 2.44. The molecular weight excluding hydrogens is 542 g/mol. The molecule has 3 aliphatic heterocycles. The molecule has 0 unspecified atom stereocenters. The van der Waals surface area contributed by atoms with E-state index in [2.05, 4.69) is 0 Å². The van der Waals surface area contributed by atoms with Crippen LogP contribution in [0.3, 0.4) is 0 Å². The Morgan fingerprint density at radius 3 is 2.02 bits per heavy atom. The fourth-order valence-electron chi connectivity index (χ4n) is 6.93. The minimum atomic E-state index is -1.18. The van der Waals surface area contributed by atoms with Gasteiger partial charge in [0.1, 0.15) is 18.4 Å². The van der Waals surface area contributed by atoms with Crippen LogP contribution in [0.4, 0.5) is 16.2 Å². The molecule has 4 aromatic rings. The summed E-state index contributed by atoms with van der Waals surface area (Å²) in [6, 6.07) is 31.4. The first-order valence-corrected chi connectivity index (χ1v) is 14.6. The van der Waals surface area contributed by atoms with E-state index < -0.39 is 24.0 Å². The molecule has 4 aromatic carbocycles. The normalized spacial score (nSPS) is 20.6. The number of hydrogen-bond acceptors (Lipinski definition) is 4. The fourth-order valence-corrected chi connectivity index (χ4v) is 6.93. The smallest absolute Gasteiger partial charge is 0.329 e. The summed E-state index contributed by atoms with van der Waals surface area (Å²) in [7, 11) is 0. The second-order valence-electron chi connectivity index (χ2n) is 11.2. The number of rotatable bonds is 4. The summed E-state index contributed by atoms with van der Waals surface area (Å²) < 4.78 is 6.07. The van der Waals surface area contributed by atoms with Gasteiger partial charge in [-0.25, -0.2) is 9.59 Å². The van der Waals surface area contributed by atoms with Crippen LogP contribution in [0.25, 0.3) is 0 Å². The van der Waals surface area contributed by atoms with Crippen molar-refractivity contribution >= 4 is 29.3 Å². The van der Waals surface area contributed by atoms with E-state index in [9.17, 15) is 19.5 Å². The Labute approximate surface area is 249 Å². The average Bonchev–Trinajstić information content (AvgIpc) is 3.23. The molecule has 2 saturated heterocycles. The number of para-hydroxylation sites is 3. The predicted molar refractivity (Wildman–Crippen MR) is 161 cm³/mol. The summed E-state index contributed by atoms with van der Waals surface area (Å²) in [6.45, 7) is 0.450. The minimum absolute atomic E-state index is 0.141. The molecule has 2 fully saturated rings. The molecule has 3 amide bonds. The highest BCUT2D eigenvalue weighted by molar-refractivity contribution is 6.03. The molecule has 0 aromatic heterocycles. The van der Waals surface area contributed by atoms with E-state index in [-0.39, 0.29) is 24.5 Å². The Hall–Kier alpha value is -5.11. The van der Waals surface area contributed by atoms with Gasteiger partial charge in [0.25, 0.3) is 0 Å². The molecule has 0 spiro atoms. The SMILES string of the molecule is O=C(O)[C@@H]1[C@H]2CC[C@@H](CN1C(=O)C(c1ccccc1)c1ccccc1)N2C(=O)N1c2ccccc2COc2ccccc21. The number of carboxylic acid groups (broad SMARTS) is 1. The number of anilines is 2. The number of likely N-dealkylation sites (tertiary alicyclic amines) is 1. The van der Waals surface area contributed by atoms with Crippen molar-refractivity contribution in [2.45, 2.75) is 43.5 Å². The molecule has 3 heterocycles. The van der Waals surface area contributed by atoms with Crippen molar-refractivity contribution in [3.8, 4) is 5.75 Å². The molecule has 8 heteroatoms. The topological polar surface area (TPSA) is 90.4 Å². The van der Waals surface area contributed by atoms with Crippen LogP contribution < -0.4 is 9.64 Å². The van der Waals surface area contributed by atoms with E-state index in [1.807, 2.05) is 109 Å². The lowest BCUT2D eigenvalue weighted by Gasteiger charge is -2.47. The number of hydrogen-bond donors (Lipinski definition) is 1. The Bertz CT molecular complexity index is 1590. The monoisotopic (exact) mass is 573 g/mol. The number of amides is 3. The number of aliphatic carboxylic acids is 1. The van der Waals surface area contributed by atoms with Gasteiger partial charge in [0.15, 0.2) is 0 Å². The van der Waals surface area contributed by atoms with Crippen LogP contribution in [-0.4, -0.2) is 57.5 Å². The zero-order valence-electron chi connectivity index (χ0n) is 23.5. The van der Waals surface area contributed by atoms with Crippen LogP contribution in [0, 0.1) is 0 Å². The molecule has 1 N–H and O–H groups in total. The molecule has 2 bridgehead atoms. The van der Waals surface area contributed by atoms with Crippen molar-refractivity contribution in [3.05, 3.63) is 126 Å². The number of nitrogens with zero attached hydrogens (tertiary/aromatic N) is 3. The number of benzene rings is 4. The van der Waals surface area contributed by atoms with E-state index in [1.54, 1.807) is 9.80 Å². The highest BCUT2D eigenvalue weighted by Gasteiger charge is 2.54. The van der Waals surface area contributed by atoms with Gasteiger partial charge in [-0.1, -0.05) is 91.0 Å². The van der Waals surface area contributed by atoms with Gasteiger partial charge in [-0.15, -0.1) is 0 Å². The molecule has 8 nitrogen and oxygen atoms in total. The first kappa shape index (κ1) is 26.8. The first-order chi connectivity index (χ1) is 21.0. The van der Waals surface area contributed by atoms with Gasteiger partial charge in [0, 0.05) is 12.1 Å². The number of carbonyl (C=O) groups excluding carboxylic acids is 2. The summed E-state index contributed by atoms with van der Waals surface area (Å²) in [4.78, 5) is 46.9. The highest BCUT2D eigenvalue weighted by atomic mass is 16.5. The van der Waals surface area contributed by atoms with Crippen molar-refractivity contribution in [1.29, 1.82) is 0 Å². The minimum Gasteiger partial charge on any atom is -0.487 e. The number of piperazine rings is 1. The molecule has 0 radical (unpaired) electrons. The third kappa shape index (κ3) is 4.59. The van der Waals surface area contributed by atoms with Crippen molar-refractivity contribution in [2.75, 3.05) is 11.4 Å². The van der Waals surface area contributed by atoms with Gasteiger partial charge in [0.05, 0.1) is 29.4 Å². The quantitative estimate of drug-likeness (QED) is 0.334. The van der Waals surface area contributed by atoms with Crippen LogP contribution in [0.15, 0.2) is 109 Å². The average molecular weight is 574 g/mol. The summed E-state index contributed by atoms with van der Waals surface area (Å²) in [5, 5.41) is 10.6. The molecule has 216 valence electrons. The van der Waals surface area contributed by atoms with Crippen molar-refractivity contribution in [1.82, 2.24) is 9.80 Å². The van der Waals surface area contributed by atoms with Gasteiger partial charge in [-0.3, -0.25) is 9.69 Å². The summed E-state index contributed by atoms with van der Waals surface area (Å²) in [6.07, 6.45) is 1.10. The molecule has 43 heavy (non-hydrogen) atoms. The summed E-state index contributed by atoms with van der Waals surface area (Å²) >= 11 is 0. The lowest BCUT2D eigenvalue weighted by molar-refractivity contribution is -0.156. The lowest BCUT2D eigenvalue weighted by atomic mass is 9.88. The van der Waals surface area contributed by atoms with Gasteiger partial charge < -0.3 is 19.6 Å². The molecule has 0 saturated carbocycles. The van der Waals surface area contributed by atoms with Gasteiger partial charge in [-0.2, -0.15) is 0 Å². The molecule has 7 rings (SSSR count). The van der Waals surface area contributed by atoms with E-state index in [4.69, 9.17) is 4.74 Å². The van der Waals surface area contributed by atoms with E-state index in [1.165, 1.54) is 4.90 Å². The van der Waals surface area contributed by atoms with E-state index in [0.717, 1.165) is 16.7 Å². The Morgan fingerprint density at radius 2 is 1.35 bits per heavy atom. The van der Waals surface area contributed by atoms with Gasteiger partial charge in [-0.05, 0) is 42.2 Å². The number of carbonyl (C=O) groups is 3. The van der Waals surface area contributed by atoms with E-state index >= 15 is 0 Å². The van der Waals surface area contributed by atoms with Crippen LogP contribution in [0.5, 0.6) is 5.75 Å².